The van der Waals surface area contributed by atoms with Gasteiger partial charge in [-0.05, 0) is 18.6 Å². The lowest BCUT2D eigenvalue weighted by molar-refractivity contribution is 0.0959. The van der Waals surface area contributed by atoms with Crippen molar-refractivity contribution in [3.63, 3.8) is 0 Å². The van der Waals surface area contributed by atoms with Crippen molar-refractivity contribution in [1.29, 1.82) is 0 Å². The second-order valence-electron chi connectivity index (χ2n) is 3.20. The topological polar surface area (TPSA) is 57.8 Å². The Balaban J connectivity index is 2.64. The van der Waals surface area contributed by atoms with E-state index in [1.54, 1.807) is 7.05 Å². The van der Waals surface area contributed by atoms with Crippen LogP contribution in [0.3, 0.4) is 0 Å². The highest BCUT2D eigenvalue weighted by atomic mass is 16.1. The molecule has 0 fully saturated rings. The molecule has 0 radical (unpaired) electrons. The predicted octanol–water partition coefficient (Wildman–Crippen LogP) is 1.23. The van der Waals surface area contributed by atoms with Crippen molar-refractivity contribution >= 4 is 16.8 Å². The van der Waals surface area contributed by atoms with Gasteiger partial charge >= 0.3 is 0 Å². The normalized spacial score (nSPS) is 10.4. The number of benzene rings is 1. The van der Waals surface area contributed by atoms with Crippen LogP contribution in [0.4, 0.5) is 0 Å². The Morgan fingerprint density at radius 1 is 1.50 bits per heavy atom. The summed E-state index contributed by atoms with van der Waals surface area (Å²) < 4.78 is 0. The molecule has 0 saturated heterocycles. The fourth-order valence-corrected chi connectivity index (χ4v) is 1.42. The van der Waals surface area contributed by atoms with E-state index in [1.165, 1.54) is 0 Å². The van der Waals surface area contributed by atoms with E-state index in [-0.39, 0.29) is 5.91 Å². The summed E-state index contributed by atoms with van der Waals surface area (Å²) in [6, 6.07) is 5.83. The van der Waals surface area contributed by atoms with Crippen molar-refractivity contribution in [3.8, 4) is 0 Å². The van der Waals surface area contributed by atoms with Gasteiger partial charge in [0, 0.05) is 12.4 Å². The van der Waals surface area contributed by atoms with E-state index in [2.05, 4.69) is 15.5 Å². The fraction of sp³-hybridized carbons (Fsp3) is 0.200. The number of aromatic nitrogens is 2. The lowest BCUT2D eigenvalue weighted by Crippen LogP contribution is -2.18. The molecule has 2 aromatic rings. The summed E-state index contributed by atoms with van der Waals surface area (Å²) in [5.74, 6) is -0.167. The van der Waals surface area contributed by atoms with Gasteiger partial charge < -0.3 is 5.32 Å². The number of carbonyl (C=O) groups is 1. The number of nitrogens with zero attached hydrogens (tertiary/aromatic N) is 1. The number of fused-ring (bicyclic) bond motifs is 1. The number of aryl methyl sites for hydroxylation is 1. The molecule has 1 amide bonds. The van der Waals surface area contributed by atoms with Crippen LogP contribution in [0.2, 0.25) is 0 Å². The molecule has 2 rings (SSSR count). The first-order valence-corrected chi connectivity index (χ1v) is 4.39. The van der Waals surface area contributed by atoms with E-state index < -0.39 is 0 Å². The number of carbonyl (C=O) groups excluding carboxylic acids is 1. The zero-order valence-corrected chi connectivity index (χ0v) is 8.09. The Kier molecular flexibility index (Phi) is 1.96. The van der Waals surface area contributed by atoms with Crippen molar-refractivity contribution in [3.05, 3.63) is 29.5 Å². The Hall–Kier alpha value is -1.84. The number of H-pyrrole nitrogens is 1. The van der Waals surface area contributed by atoms with Crippen LogP contribution in [0.5, 0.6) is 0 Å². The number of nitrogens with one attached hydrogen (secondary N) is 2. The predicted molar refractivity (Wildman–Crippen MR) is 54.2 cm³/mol. The van der Waals surface area contributed by atoms with Gasteiger partial charge in [-0.2, -0.15) is 5.10 Å². The van der Waals surface area contributed by atoms with Crippen molar-refractivity contribution in [1.82, 2.24) is 15.5 Å². The van der Waals surface area contributed by atoms with Crippen LogP contribution >= 0.6 is 0 Å². The van der Waals surface area contributed by atoms with Crippen molar-refractivity contribution in [2.45, 2.75) is 6.92 Å². The molecule has 2 N–H and O–H groups in total. The van der Waals surface area contributed by atoms with Crippen LogP contribution in [0, 0.1) is 6.92 Å². The van der Waals surface area contributed by atoms with Crippen molar-refractivity contribution < 1.29 is 4.79 Å². The monoisotopic (exact) mass is 189 g/mol. The third-order valence-electron chi connectivity index (χ3n) is 2.16. The molecule has 1 heterocycles. The molecule has 0 saturated carbocycles. The van der Waals surface area contributed by atoms with Crippen LogP contribution in [-0.2, 0) is 0 Å². The second-order valence-corrected chi connectivity index (χ2v) is 3.20. The molecule has 0 bridgehead atoms. The summed E-state index contributed by atoms with van der Waals surface area (Å²) in [7, 11) is 1.59. The zero-order chi connectivity index (χ0) is 10.1. The lowest BCUT2D eigenvalue weighted by Gasteiger charge is -1.95. The number of hydrogen-bond acceptors (Lipinski definition) is 2. The second kappa shape index (κ2) is 3.14. The number of aromatic amines is 1. The van der Waals surface area contributed by atoms with Gasteiger partial charge in [0.15, 0.2) is 5.69 Å². The lowest BCUT2D eigenvalue weighted by atomic mass is 10.1. The average Bonchev–Trinajstić information content (AvgIpc) is 2.59. The highest BCUT2D eigenvalue weighted by Crippen LogP contribution is 2.16. The smallest absolute Gasteiger partial charge is 0.272 e. The van der Waals surface area contributed by atoms with E-state index in [4.69, 9.17) is 0 Å². The molecule has 0 aliphatic rings. The van der Waals surface area contributed by atoms with E-state index in [0.29, 0.717) is 5.69 Å². The molecule has 1 aromatic carbocycles. The van der Waals surface area contributed by atoms with Crippen molar-refractivity contribution in [2.75, 3.05) is 7.05 Å². The average molecular weight is 189 g/mol. The molecule has 0 atom stereocenters. The molecular formula is C10H11N3O. The van der Waals surface area contributed by atoms with Gasteiger partial charge in [-0.25, -0.2) is 0 Å². The van der Waals surface area contributed by atoms with Gasteiger partial charge in [-0.15, -0.1) is 0 Å². The molecule has 0 unspecified atom stereocenters. The largest absolute Gasteiger partial charge is 0.354 e. The molecule has 4 nitrogen and oxygen atoms in total. The van der Waals surface area contributed by atoms with Crippen LogP contribution in [0.25, 0.3) is 10.9 Å². The first-order valence-electron chi connectivity index (χ1n) is 4.39. The summed E-state index contributed by atoms with van der Waals surface area (Å²) in [4.78, 5) is 11.4. The Labute approximate surface area is 81.3 Å². The Morgan fingerprint density at radius 3 is 3.00 bits per heavy atom. The van der Waals surface area contributed by atoms with E-state index in [1.807, 2.05) is 25.1 Å². The highest BCUT2D eigenvalue weighted by molar-refractivity contribution is 6.04. The van der Waals surface area contributed by atoms with Crippen LogP contribution in [0.1, 0.15) is 16.1 Å². The molecule has 72 valence electrons. The number of hydrogen-bond donors (Lipinski definition) is 2. The molecule has 0 aliphatic carbocycles. The summed E-state index contributed by atoms with van der Waals surface area (Å²) >= 11 is 0. The van der Waals surface area contributed by atoms with Crippen molar-refractivity contribution in [2.24, 2.45) is 0 Å². The third-order valence-corrected chi connectivity index (χ3v) is 2.16. The summed E-state index contributed by atoms with van der Waals surface area (Å²) in [5, 5.41) is 10.2. The molecule has 0 spiro atoms. The van der Waals surface area contributed by atoms with Gasteiger partial charge in [0.1, 0.15) is 0 Å². The molecule has 14 heavy (non-hydrogen) atoms. The third kappa shape index (κ3) is 1.25. The first-order chi connectivity index (χ1) is 6.72. The minimum Gasteiger partial charge on any atom is -0.354 e. The Morgan fingerprint density at radius 2 is 2.29 bits per heavy atom. The number of rotatable bonds is 1. The maximum Gasteiger partial charge on any atom is 0.272 e. The minimum absolute atomic E-state index is 0.167. The maximum atomic E-state index is 11.4. The van der Waals surface area contributed by atoms with E-state index in [0.717, 1.165) is 16.5 Å². The van der Waals surface area contributed by atoms with Crippen LogP contribution < -0.4 is 5.32 Å². The standard InChI is InChI=1S/C10H11N3O/c1-6-3-4-7-8(5-6)12-13-9(7)10(14)11-2/h3-5H,1-2H3,(H,11,14)(H,12,13). The fourth-order valence-electron chi connectivity index (χ4n) is 1.42. The first kappa shape index (κ1) is 8.74. The van der Waals surface area contributed by atoms with Gasteiger partial charge in [0.05, 0.1) is 5.52 Å². The summed E-state index contributed by atoms with van der Waals surface area (Å²) in [6.07, 6.45) is 0. The Bertz CT molecular complexity index is 487. The molecule has 1 aromatic heterocycles. The summed E-state index contributed by atoms with van der Waals surface area (Å²) in [5.41, 5.74) is 2.48. The molecule has 0 aliphatic heterocycles. The van der Waals surface area contributed by atoms with Gasteiger partial charge in [0.25, 0.3) is 5.91 Å². The molecular weight excluding hydrogens is 178 g/mol. The summed E-state index contributed by atoms with van der Waals surface area (Å²) in [6.45, 7) is 2.00. The van der Waals surface area contributed by atoms with Gasteiger partial charge in [0.2, 0.25) is 0 Å². The molecule has 4 heteroatoms. The van der Waals surface area contributed by atoms with Crippen LogP contribution in [-0.4, -0.2) is 23.2 Å². The van der Waals surface area contributed by atoms with Gasteiger partial charge in [-0.1, -0.05) is 12.1 Å². The highest BCUT2D eigenvalue weighted by Gasteiger charge is 2.11. The zero-order valence-electron chi connectivity index (χ0n) is 8.09. The number of amides is 1. The minimum atomic E-state index is -0.167. The van der Waals surface area contributed by atoms with E-state index in [9.17, 15) is 4.79 Å². The van der Waals surface area contributed by atoms with Crippen LogP contribution in [0.15, 0.2) is 18.2 Å². The van der Waals surface area contributed by atoms with Gasteiger partial charge in [-0.3, -0.25) is 9.89 Å². The van der Waals surface area contributed by atoms with E-state index >= 15 is 0 Å². The quantitative estimate of drug-likeness (QED) is 0.708. The maximum absolute atomic E-state index is 11.4. The SMILES string of the molecule is CNC(=O)c1n[nH]c2cc(C)ccc12.